The minimum atomic E-state index is 0.376. The standard InChI is InChI=1S/C14H23N3/c1-2-11-6-7-12(9-11)14(17-15)10-13-5-3-4-8-16-13/h3-5,8,11-12,14,17H,2,6-7,9-10,15H2,1H3. The molecular weight excluding hydrogens is 210 g/mol. The van der Waals surface area contributed by atoms with Gasteiger partial charge in [-0.15, -0.1) is 0 Å². The molecule has 0 bridgehead atoms. The van der Waals surface area contributed by atoms with Crippen molar-refractivity contribution in [3.8, 4) is 0 Å². The summed E-state index contributed by atoms with van der Waals surface area (Å²) < 4.78 is 0. The fraction of sp³-hybridized carbons (Fsp3) is 0.643. The Morgan fingerprint density at radius 2 is 2.35 bits per heavy atom. The van der Waals surface area contributed by atoms with Crippen LogP contribution in [0.15, 0.2) is 24.4 Å². The Balaban J connectivity index is 1.93. The average molecular weight is 233 g/mol. The van der Waals surface area contributed by atoms with Gasteiger partial charge in [0.2, 0.25) is 0 Å². The van der Waals surface area contributed by atoms with Crippen molar-refractivity contribution in [1.82, 2.24) is 10.4 Å². The van der Waals surface area contributed by atoms with E-state index in [4.69, 9.17) is 5.84 Å². The summed E-state index contributed by atoms with van der Waals surface area (Å²) in [5.41, 5.74) is 4.13. The molecule has 1 fully saturated rings. The van der Waals surface area contributed by atoms with Crippen LogP contribution in [0, 0.1) is 11.8 Å². The van der Waals surface area contributed by atoms with Gasteiger partial charge in [0.25, 0.3) is 0 Å². The zero-order valence-corrected chi connectivity index (χ0v) is 10.6. The number of hydrogen-bond acceptors (Lipinski definition) is 3. The summed E-state index contributed by atoms with van der Waals surface area (Å²) in [6, 6.07) is 6.45. The molecule has 3 N–H and O–H groups in total. The fourth-order valence-corrected chi connectivity index (χ4v) is 2.96. The molecule has 3 heteroatoms. The minimum Gasteiger partial charge on any atom is -0.271 e. The Morgan fingerprint density at radius 1 is 1.47 bits per heavy atom. The van der Waals surface area contributed by atoms with E-state index in [1.54, 1.807) is 0 Å². The lowest BCUT2D eigenvalue weighted by atomic mass is 9.93. The number of rotatable bonds is 5. The second-order valence-electron chi connectivity index (χ2n) is 5.15. The van der Waals surface area contributed by atoms with Crippen LogP contribution in [0.1, 0.15) is 38.3 Å². The monoisotopic (exact) mass is 233 g/mol. The Bertz CT molecular complexity index is 325. The molecule has 1 aliphatic carbocycles. The molecule has 3 unspecified atom stereocenters. The van der Waals surface area contributed by atoms with E-state index in [-0.39, 0.29) is 0 Å². The molecule has 3 nitrogen and oxygen atoms in total. The lowest BCUT2D eigenvalue weighted by molar-refractivity contribution is 0.346. The van der Waals surface area contributed by atoms with Gasteiger partial charge in [0.1, 0.15) is 0 Å². The Labute approximate surface area is 104 Å². The highest BCUT2D eigenvalue weighted by atomic mass is 15.2. The number of pyridine rings is 1. The summed E-state index contributed by atoms with van der Waals surface area (Å²) in [4.78, 5) is 4.38. The van der Waals surface area contributed by atoms with E-state index in [1.807, 2.05) is 18.3 Å². The molecule has 1 aromatic rings. The first-order valence-corrected chi connectivity index (χ1v) is 6.69. The highest BCUT2D eigenvalue weighted by Crippen LogP contribution is 2.35. The van der Waals surface area contributed by atoms with Crippen LogP contribution in [0.2, 0.25) is 0 Å². The van der Waals surface area contributed by atoms with Gasteiger partial charge >= 0.3 is 0 Å². The second kappa shape index (κ2) is 6.12. The molecule has 1 aromatic heterocycles. The largest absolute Gasteiger partial charge is 0.271 e. The van der Waals surface area contributed by atoms with Gasteiger partial charge in [0.15, 0.2) is 0 Å². The van der Waals surface area contributed by atoms with E-state index in [0.29, 0.717) is 12.0 Å². The zero-order chi connectivity index (χ0) is 12.1. The lowest BCUT2D eigenvalue weighted by Crippen LogP contribution is -2.42. The maximum Gasteiger partial charge on any atom is 0.0419 e. The SMILES string of the molecule is CCC1CCC(C(Cc2ccccn2)NN)C1. The van der Waals surface area contributed by atoms with Crippen molar-refractivity contribution >= 4 is 0 Å². The molecule has 94 valence electrons. The normalized spacial score (nSPS) is 26.0. The van der Waals surface area contributed by atoms with Gasteiger partial charge in [-0.2, -0.15) is 0 Å². The average Bonchev–Trinajstić information content (AvgIpc) is 2.86. The number of nitrogens with zero attached hydrogens (tertiary/aromatic N) is 1. The van der Waals surface area contributed by atoms with E-state index in [2.05, 4.69) is 23.4 Å². The van der Waals surface area contributed by atoms with Crippen molar-refractivity contribution in [3.63, 3.8) is 0 Å². The van der Waals surface area contributed by atoms with Gasteiger partial charge in [-0.3, -0.25) is 16.3 Å². The first-order chi connectivity index (χ1) is 8.33. The molecule has 0 aliphatic heterocycles. The van der Waals surface area contributed by atoms with E-state index >= 15 is 0 Å². The van der Waals surface area contributed by atoms with Crippen molar-refractivity contribution in [1.29, 1.82) is 0 Å². The van der Waals surface area contributed by atoms with Crippen molar-refractivity contribution < 1.29 is 0 Å². The molecule has 0 amide bonds. The molecule has 17 heavy (non-hydrogen) atoms. The molecule has 1 aliphatic rings. The topological polar surface area (TPSA) is 50.9 Å². The lowest BCUT2D eigenvalue weighted by Gasteiger charge is -2.22. The van der Waals surface area contributed by atoms with E-state index in [9.17, 15) is 0 Å². The van der Waals surface area contributed by atoms with Crippen LogP contribution >= 0.6 is 0 Å². The predicted molar refractivity (Wildman–Crippen MR) is 70.2 cm³/mol. The van der Waals surface area contributed by atoms with E-state index < -0.39 is 0 Å². The highest BCUT2D eigenvalue weighted by Gasteiger charge is 2.29. The quantitative estimate of drug-likeness (QED) is 0.606. The summed E-state index contributed by atoms with van der Waals surface area (Å²) in [5.74, 6) is 7.33. The van der Waals surface area contributed by atoms with Gasteiger partial charge in [0, 0.05) is 24.4 Å². The van der Waals surface area contributed by atoms with Crippen LogP contribution in [0.4, 0.5) is 0 Å². The molecule has 0 radical (unpaired) electrons. The van der Waals surface area contributed by atoms with Crippen LogP contribution < -0.4 is 11.3 Å². The Morgan fingerprint density at radius 3 is 2.94 bits per heavy atom. The molecular formula is C14H23N3. The number of hydrazine groups is 1. The van der Waals surface area contributed by atoms with Crippen molar-refractivity contribution in [2.75, 3.05) is 0 Å². The Kier molecular flexibility index (Phi) is 4.51. The first kappa shape index (κ1) is 12.5. The molecule has 1 heterocycles. The molecule has 1 saturated carbocycles. The zero-order valence-electron chi connectivity index (χ0n) is 10.6. The third-order valence-electron chi connectivity index (χ3n) is 4.10. The molecule has 0 saturated heterocycles. The third kappa shape index (κ3) is 3.27. The second-order valence-corrected chi connectivity index (χ2v) is 5.15. The van der Waals surface area contributed by atoms with Crippen molar-refractivity contribution in [3.05, 3.63) is 30.1 Å². The number of nitrogens with one attached hydrogen (secondary N) is 1. The fourth-order valence-electron chi connectivity index (χ4n) is 2.96. The van der Waals surface area contributed by atoms with Gasteiger partial charge in [-0.25, -0.2) is 0 Å². The van der Waals surface area contributed by atoms with Crippen LogP contribution in [-0.2, 0) is 6.42 Å². The minimum absolute atomic E-state index is 0.376. The van der Waals surface area contributed by atoms with Gasteiger partial charge in [0.05, 0.1) is 0 Å². The van der Waals surface area contributed by atoms with Crippen molar-refractivity contribution in [2.45, 2.75) is 45.1 Å². The maximum atomic E-state index is 5.71. The summed E-state index contributed by atoms with van der Waals surface area (Å²) in [6.07, 6.45) is 8.09. The van der Waals surface area contributed by atoms with E-state index in [1.165, 1.54) is 25.7 Å². The third-order valence-corrected chi connectivity index (χ3v) is 4.10. The van der Waals surface area contributed by atoms with Crippen molar-refractivity contribution in [2.24, 2.45) is 17.7 Å². The van der Waals surface area contributed by atoms with Crippen LogP contribution in [0.5, 0.6) is 0 Å². The van der Waals surface area contributed by atoms with Gasteiger partial charge < -0.3 is 0 Å². The first-order valence-electron chi connectivity index (χ1n) is 6.69. The summed E-state index contributed by atoms with van der Waals surface area (Å²) in [7, 11) is 0. The molecule has 2 rings (SSSR count). The summed E-state index contributed by atoms with van der Waals surface area (Å²) >= 11 is 0. The summed E-state index contributed by atoms with van der Waals surface area (Å²) in [5, 5.41) is 0. The molecule has 3 atom stereocenters. The number of nitrogens with two attached hydrogens (primary N) is 1. The van der Waals surface area contributed by atoms with Crippen LogP contribution in [0.25, 0.3) is 0 Å². The number of hydrogen-bond donors (Lipinski definition) is 2. The molecule has 0 aromatic carbocycles. The summed E-state index contributed by atoms with van der Waals surface area (Å²) in [6.45, 7) is 2.29. The number of aromatic nitrogens is 1. The maximum absolute atomic E-state index is 5.71. The highest BCUT2D eigenvalue weighted by molar-refractivity contribution is 5.06. The van der Waals surface area contributed by atoms with Gasteiger partial charge in [-0.1, -0.05) is 25.8 Å². The smallest absolute Gasteiger partial charge is 0.0419 e. The van der Waals surface area contributed by atoms with E-state index in [0.717, 1.165) is 18.0 Å². The Hall–Kier alpha value is -0.930. The predicted octanol–water partition coefficient (Wildman–Crippen LogP) is 2.28. The van der Waals surface area contributed by atoms with Crippen LogP contribution in [-0.4, -0.2) is 11.0 Å². The van der Waals surface area contributed by atoms with Crippen LogP contribution in [0.3, 0.4) is 0 Å². The van der Waals surface area contributed by atoms with Gasteiger partial charge in [-0.05, 0) is 36.8 Å². The molecule has 0 spiro atoms.